The molecule has 0 bridgehead atoms. The van der Waals surface area contributed by atoms with Crippen molar-refractivity contribution < 1.29 is 12.8 Å². The second kappa shape index (κ2) is 5.06. The Bertz CT molecular complexity index is 677. The van der Waals surface area contributed by atoms with Gasteiger partial charge in [0.25, 0.3) is 6.01 Å². The maximum atomic E-state index is 11.1. The number of fused-ring (bicyclic) bond motifs is 1. The van der Waals surface area contributed by atoms with Crippen LogP contribution >= 0.6 is 0 Å². The third kappa shape index (κ3) is 3.10. The van der Waals surface area contributed by atoms with Gasteiger partial charge >= 0.3 is 0 Å². The number of oxazole rings is 1. The van der Waals surface area contributed by atoms with Crippen LogP contribution in [-0.2, 0) is 10.0 Å². The molecule has 20 heavy (non-hydrogen) atoms. The Morgan fingerprint density at radius 1 is 1.35 bits per heavy atom. The van der Waals surface area contributed by atoms with E-state index in [0.717, 1.165) is 30.4 Å². The van der Waals surface area contributed by atoms with Gasteiger partial charge in [0.15, 0.2) is 5.58 Å². The summed E-state index contributed by atoms with van der Waals surface area (Å²) >= 11 is 0. The number of nitrogens with two attached hydrogens (primary N) is 1. The lowest BCUT2D eigenvalue weighted by Crippen LogP contribution is -2.23. The molecule has 108 valence electrons. The molecule has 1 fully saturated rings. The zero-order valence-corrected chi connectivity index (χ0v) is 11.8. The van der Waals surface area contributed by atoms with Crippen molar-refractivity contribution in [1.82, 2.24) is 4.98 Å². The third-order valence-electron chi connectivity index (χ3n) is 3.63. The van der Waals surface area contributed by atoms with Crippen molar-refractivity contribution in [3.8, 4) is 0 Å². The van der Waals surface area contributed by atoms with E-state index < -0.39 is 10.0 Å². The van der Waals surface area contributed by atoms with Gasteiger partial charge in [-0.3, -0.25) is 0 Å². The van der Waals surface area contributed by atoms with Gasteiger partial charge < -0.3 is 9.73 Å². The van der Waals surface area contributed by atoms with Crippen LogP contribution in [0.1, 0.15) is 19.3 Å². The van der Waals surface area contributed by atoms with Gasteiger partial charge in [0.05, 0.1) is 5.75 Å². The van der Waals surface area contributed by atoms with E-state index in [4.69, 9.17) is 9.56 Å². The first-order valence-electron chi connectivity index (χ1n) is 6.62. The average molecular weight is 295 g/mol. The molecule has 0 saturated heterocycles. The fourth-order valence-electron chi connectivity index (χ4n) is 2.79. The molecule has 0 amide bonds. The fraction of sp³-hybridized carbons (Fsp3) is 0.462. The van der Waals surface area contributed by atoms with Crippen LogP contribution in [0.15, 0.2) is 28.7 Å². The van der Waals surface area contributed by atoms with Gasteiger partial charge in [-0.05, 0) is 37.3 Å². The summed E-state index contributed by atoms with van der Waals surface area (Å²) in [5, 5.41) is 8.32. The molecular weight excluding hydrogens is 278 g/mol. The first-order valence-corrected chi connectivity index (χ1v) is 8.34. The van der Waals surface area contributed by atoms with Gasteiger partial charge in [-0.1, -0.05) is 12.1 Å². The molecule has 6 nitrogen and oxygen atoms in total. The number of nitrogens with one attached hydrogen (secondary N) is 1. The summed E-state index contributed by atoms with van der Waals surface area (Å²) in [6, 6.07) is 8.25. The number of primary sulfonamides is 1. The van der Waals surface area contributed by atoms with Gasteiger partial charge in [0.2, 0.25) is 10.0 Å². The Hall–Kier alpha value is -1.60. The van der Waals surface area contributed by atoms with E-state index in [-0.39, 0.29) is 17.7 Å². The summed E-state index contributed by atoms with van der Waals surface area (Å²) in [4.78, 5) is 4.36. The Balaban J connectivity index is 1.64. The van der Waals surface area contributed by atoms with E-state index in [9.17, 15) is 8.42 Å². The van der Waals surface area contributed by atoms with Gasteiger partial charge in [0, 0.05) is 6.04 Å². The molecule has 1 saturated carbocycles. The molecule has 3 N–H and O–H groups in total. The normalized spacial score (nSPS) is 23.2. The van der Waals surface area contributed by atoms with E-state index in [1.54, 1.807) is 0 Å². The van der Waals surface area contributed by atoms with E-state index in [1.807, 2.05) is 24.3 Å². The van der Waals surface area contributed by atoms with Gasteiger partial charge in [0.1, 0.15) is 5.52 Å². The van der Waals surface area contributed by atoms with Crippen LogP contribution in [0.4, 0.5) is 6.01 Å². The minimum atomic E-state index is -3.39. The van der Waals surface area contributed by atoms with Gasteiger partial charge in [-0.15, -0.1) is 0 Å². The Morgan fingerprint density at radius 3 is 2.90 bits per heavy atom. The summed E-state index contributed by atoms with van der Waals surface area (Å²) in [7, 11) is -3.39. The molecule has 1 aromatic carbocycles. The number of nitrogens with zero attached hydrogens (tertiary/aromatic N) is 1. The third-order valence-corrected chi connectivity index (χ3v) is 4.57. The van der Waals surface area contributed by atoms with Gasteiger partial charge in [-0.25, -0.2) is 13.6 Å². The number of anilines is 1. The maximum absolute atomic E-state index is 11.1. The highest BCUT2D eigenvalue weighted by molar-refractivity contribution is 7.89. The van der Waals surface area contributed by atoms with Crippen LogP contribution in [0.3, 0.4) is 0 Å². The molecular formula is C13H17N3O3S. The first kappa shape index (κ1) is 13.4. The van der Waals surface area contributed by atoms with Crippen molar-refractivity contribution in [2.75, 3.05) is 11.1 Å². The molecule has 0 unspecified atom stereocenters. The number of sulfonamides is 1. The summed E-state index contributed by atoms with van der Waals surface area (Å²) in [5.74, 6) is 0.172. The molecule has 2 atom stereocenters. The topological polar surface area (TPSA) is 98.2 Å². The highest BCUT2D eigenvalue weighted by Crippen LogP contribution is 2.29. The maximum Gasteiger partial charge on any atom is 0.295 e. The van der Waals surface area contributed by atoms with Gasteiger partial charge in [-0.2, -0.15) is 4.98 Å². The van der Waals surface area contributed by atoms with E-state index in [0.29, 0.717) is 6.01 Å². The monoisotopic (exact) mass is 295 g/mol. The highest BCUT2D eigenvalue weighted by atomic mass is 32.2. The van der Waals surface area contributed by atoms with Crippen molar-refractivity contribution in [2.45, 2.75) is 25.3 Å². The quantitative estimate of drug-likeness (QED) is 0.894. The van der Waals surface area contributed by atoms with Crippen LogP contribution in [0, 0.1) is 5.92 Å². The predicted octanol–water partition coefficient (Wildman–Crippen LogP) is 1.70. The highest BCUT2D eigenvalue weighted by Gasteiger charge is 2.28. The van der Waals surface area contributed by atoms with E-state index in [2.05, 4.69) is 10.3 Å². The standard InChI is InChI=1S/C13H17N3O3S/c14-20(17,18)8-9-5-6-10(7-9)15-13-16-11-3-1-2-4-12(11)19-13/h1-4,9-10H,5-8H2,(H,15,16)(H2,14,17,18)/t9-,10+/m1/s1. The molecule has 7 heteroatoms. The number of para-hydroxylation sites is 2. The Labute approximate surface area is 117 Å². The lowest BCUT2D eigenvalue weighted by molar-refractivity contribution is 0.553. The van der Waals surface area contributed by atoms with Crippen molar-refractivity contribution in [3.05, 3.63) is 24.3 Å². The van der Waals surface area contributed by atoms with Crippen molar-refractivity contribution in [2.24, 2.45) is 11.1 Å². The first-order chi connectivity index (χ1) is 9.49. The Morgan fingerprint density at radius 2 is 2.15 bits per heavy atom. The molecule has 1 heterocycles. The molecule has 0 spiro atoms. The summed E-state index contributed by atoms with van der Waals surface area (Å²) in [6.07, 6.45) is 2.53. The zero-order chi connectivity index (χ0) is 14.2. The summed E-state index contributed by atoms with van der Waals surface area (Å²) < 4.78 is 27.8. The summed E-state index contributed by atoms with van der Waals surface area (Å²) in [5.41, 5.74) is 1.56. The minimum Gasteiger partial charge on any atom is -0.424 e. The predicted molar refractivity (Wildman–Crippen MR) is 76.7 cm³/mol. The summed E-state index contributed by atoms with van der Waals surface area (Å²) in [6.45, 7) is 0. The molecule has 3 rings (SSSR count). The number of benzene rings is 1. The van der Waals surface area contributed by atoms with Crippen LogP contribution in [0.5, 0.6) is 0 Å². The molecule has 1 aliphatic rings. The van der Waals surface area contributed by atoms with Crippen LogP contribution in [-0.4, -0.2) is 25.2 Å². The number of hydrogen-bond acceptors (Lipinski definition) is 5. The van der Waals surface area contributed by atoms with E-state index in [1.165, 1.54) is 0 Å². The van der Waals surface area contributed by atoms with E-state index >= 15 is 0 Å². The lowest BCUT2D eigenvalue weighted by Gasteiger charge is -2.10. The zero-order valence-electron chi connectivity index (χ0n) is 11.0. The largest absolute Gasteiger partial charge is 0.424 e. The lowest BCUT2D eigenvalue weighted by atomic mass is 10.1. The smallest absolute Gasteiger partial charge is 0.295 e. The SMILES string of the molecule is NS(=O)(=O)C[C@@H]1CC[C@H](Nc2nc3ccccc3o2)C1. The molecule has 1 aromatic heterocycles. The van der Waals surface area contributed by atoms with Crippen LogP contribution in [0.2, 0.25) is 0 Å². The molecule has 1 aliphatic carbocycles. The van der Waals surface area contributed by atoms with Crippen molar-refractivity contribution >= 4 is 27.1 Å². The van der Waals surface area contributed by atoms with Crippen molar-refractivity contribution in [1.29, 1.82) is 0 Å². The number of hydrogen-bond donors (Lipinski definition) is 2. The van der Waals surface area contributed by atoms with Crippen molar-refractivity contribution in [3.63, 3.8) is 0 Å². The average Bonchev–Trinajstić information content (AvgIpc) is 2.93. The fourth-order valence-corrected chi connectivity index (χ4v) is 3.75. The molecule has 2 aromatic rings. The van der Waals surface area contributed by atoms with Crippen LogP contribution < -0.4 is 10.5 Å². The van der Waals surface area contributed by atoms with Crippen LogP contribution in [0.25, 0.3) is 11.1 Å². The minimum absolute atomic E-state index is 0.0543. The second-order valence-electron chi connectivity index (χ2n) is 5.34. The number of aromatic nitrogens is 1. The second-order valence-corrected chi connectivity index (χ2v) is 7.00. The molecule has 0 aliphatic heterocycles. The molecule has 0 radical (unpaired) electrons. The Kier molecular flexibility index (Phi) is 3.39. The number of rotatable bonds is 4.